The summed E-state index contributed by atoms with van der Waals surface area (Å²) in [7, 11) is 0. The van der Waals surface area contributed by atoms with Crippen LogP contribution in [0.4, 0.5) is 0 Å². The number of hydrogen-bond donors (Lipinski definition) is 1. The van der Waals surface area contributed by atoms with E-state index in [4.69, 9.17) is 9.26 Å². The fourth-order valence-corrected chi connectivity index (χ4v) is 5.38. The molecular weight excluding hydrogens is 486 g/mol. The Bertz CT molecular complexity index is 1410. The second-order valence-corrected chi connectivity index (χ2v) is 11.3. The summed E-state index contributed by atoms with van der Waals surface area (Å²) in [6.45, 7) is 8.43. The Morgan fingerprint density at radius 3 is 2.15 bits per heavy atom. The van der Waals surface area contributed by atoms with Gasteiger partial charge in [-0.15, -0.1) is 0 Å². The Hall–Kier alpha value is -3.70. The molecule has 5 heteroatoms. The number of aliphatic hydroxyl groups is 1. The molecule has 1 aromatic heterocycles. The van der Waals surface area contributed by atoms with Crippen molar-refractivity contribution in [2.24, 2.45) is 5.41 Å². The number of aryl methyl sites for hydroxylation is 1. The Kier molecular flexibility index (Phi) is 7.46. The molecule has 3 aromatic carbocycles. The minimum absolute atomic E-state index is 0.113. The van der Waals surface area contributed by atoms with Crippen molar-refractivity contribution in [3.8, 4) is 22.5 Å². The monoisotopic (exact) mass is 523 g/mol. The number of rotatable bonds is 10. The summed E-state index contributed by atoms with van der Waals surface area (Å²) in [5.41, 5.74) is 6.32. The predicted molar refractivity (Wildman–Crippen MR) is 153 cm³/mol. The molecule has 1 heterocycles. The highest BCUT2D eigenvalue weighted by Gasteiger charge is 2.52. The second-order valence-electron chi connectivity index (χ2n) is 11.3. The second kappa shape index (κ2) is 10.8. The molecule has 5 nitrogen and oxygen atoms in total. The van der Waals surface area contributed by atoms with Crippen LogP contribution in [0.25, 0.3) is 22.5 Å². The lowest BCUT2D eigenvalue weighted by atomic mass is 9.78. The predicted octanol–water partition coefficient (Wildman–Crippen LogP) is 7.60. The highest BCUT2D eigenvalue weighted by atomic mass is 16.5. The molecule has 1 aliphatic carbocycles. The van der Waals surface area contributed by atoms with Gasteiger partial charge in [-0.1, -0.05) is 97.9 Å². The molecule has 1 unspecified atom stereocenters. The van der Waals surface area contributed by atoms with Gasteiger partial charge in [-0.25, -0.2) is 0 Å². The molecule has 39 heavy (non-hydrogen) atoms. The first kappa shape index (κ1) is 26.9. The van der Waals surface area contributed by atoms with Gasteiger partial charge in [0.15, 0.2) is 5.76 Å². The van der Waals surface area contributed by atoms with Gasteiger partial charge >= 0.3 is 5.97 Å². The van der Waals surface area contributed by atoms with Gasteiger partial charge in [-0.2, -0.15) is 0 Å². The summed E-state index contributed by atoms with van der Waals surface area (Å²) in [6.07, 6.45) is 2.69. The molecule has 0 saturated heterocycles. The lowest BCUT2D eigenvalue weighted by Crippen LogP contribution is -2.23. The maximum Gasteiger partial charge on any atom is 0.316 e. The van der Waals surface area contributed by atoms with Gasteiger partial charge in [0.05, 0.1) is 23.8 Å². The summed E-state index contributed by atoms with van der Waals surface area (Å²) in [5, 5.41) is 15.3. The number of nitrogens with zero attached hydrogens (tertiary/aromatic N) is 1. The van der Waals surface area contributed by atoms with Gasteiger partial charge in [0.1, 0.15) is 0 Å². The maximum atomic E-state index is 12.4. The number of ether oxygens (including phenoxy) is 1. The Morgan fingerprint density at radius 2 is 1.56 bits per heavy atom. The third-order valence-corrected chi connectivity index (χ3v) is 8.19. The summed E-state index contributed by atoms with van der Waals surface area (Å²) >= 11 is 0. The molecule has 202 valence electrons. The van der Waals surface area contributed by atoms with E-state index < -0.39 is 11.5 Å². The lowest BCUT2D eigenvalue weighted by Gasteiger charge is -2.31. The van der Waals surface area contributed by atoms with Gasteiger partial charge in [0.25, 0.3) is 0 Å². The summed E-state index contributed by atoms with van der Waals surface area (Å²) in [4.78, 5) is 12.4. The van der Waals surface area contributed by atoms with E-state index >= 15 is 0 Å². The van der Waals surface area contributed by atoms with Crippen molar-refractivity contribution >= 4 is 5.97 Å². The van der Waals surface area contributed by atoms with Crippen molar-refractivity contribution in [1.29, 1.82) is 0 Å². The molecule has 1 aliphatic rings. The molecule has 1 fully saturated rings. The van der Waals surface area contributed by atoms with Crippen molar-refractivity contribution in [3.63, 3.8) is 0 Å². The summed E-state index contributed by atoms with van der Waals surface area (Å²) < 4.78 is 11.1. The first-order valence-electron chi connectivity index (χ1n) is 13.8. The molecule has 1 saturated carbocycles. The Labute approximate surface area is 230 Å². The SMILES string of the molecule is CCOC(=O)C1(c2ccc(-c3ccc(-c4onc(C)c4CCC(C)(C)C(O)c4ccccc4)cc3)cc2)CC1. The number of carbonyl (C=O) groups is 1. The van der Waals surface area contributed by atoms with E-state index in [2.05, 4.69) is 67.5 Å². The van der Waals surface area contributed by atoms with Crippen molar-refractivity contribution in [1.82, 2.24) is 5.16 Å². The smallest absolute Gasteiger partial charge is 0.316 e. The average Bonchev–Trinajstić information content (AvgIpc) is 3.69. The van der Waals surface area contributed by atoms with Crippen LogP contribution < -0.4 is 0 Å². The van der Waals surface area contributed by atoms with Crippen LogP contribution >= 0.6 is 0 Å². The highest BCUT2D eigenvalue weighted by molar-refractivity contribution is 5.87. The van der Waals surface area contributed by atoms with Gasteiger partial charge in [0.2, 0.25) is 0 Å². The third kappa shape index (κ3) is 5.41. The summed E-state index contributed by atoms with van der Waals surface area (Å²) in [6, 6.07) is 26.4. The summed E-state index contributed by atoms with van der Waals surface area (Å²) in [5.74, 6) is 0.669. The number of hydrogen-bond acceptors (Lipinski definition) is 5. The minimum Gasteiger partial charge on any atom is -0.465 e. The lowest BCUT2D eigenvalue weighted by molar-refractivity contribution is -0.146. The van der Waals surface area contributed by atoms with E-state index in [-0.39, 0.29) is 11.4 Å². The van der Waals surface area contributed by atoms with E-state index in [1.807, 2.05) is 44.2 Å². The molecule has 0 amide bonds. The zero-order chi connectivity index (χ0) is 27.6. The molecule has 0 spiro atoms. The molecule has 4 aromatic rings. The van der Waals surface area contributed by atoms with Crippen LogP contribution in [0.2, 0.25) is 0 Å². The number of aliphatic hydroxyl groups excluding tert-OH is 1. The van der Waals surface area contributed by atoms with Crippen molar-refractivity contribution in [2.45, 2.75) is 64.9 Å². The number of aromatic nitrogens is 1. The maximum absolute atomic E-state index is 12.4. The Balaban J connectivity index is 1.30. The normalized spacial score (nSPS) is 15.1. The standard InChI is InChI=1S/C34H37NO4/c1-5-38-32(37)34(21-22-34)28-17-15-25(16-18-28)24-11-13-26(14-12-24)30-29(23(2)35-39-30)19-20-33(3,4)31(36)27-9-7-6-8-10-27/h6-18,31,36H,5,19-22H2,1-4H3. The van der Waals surface area contributed by atoms with Crippen LogP contribution in [0.1, 0.15) is 68.5 Å². The quantitative estimate of drug-likeness (QED) is 0.217. The van der Waals surface area contributed by atoms with E-state index in [1.54, 1.807) is 0 Å². The van der Waals surface area contributed by atoms with Crippen molar-refractivity contribution in [2.75, 3.05) is 6.61 Å². The topological polar surface area (TPSA) is 72.6 Å². The van der Waals surface area contributed by atoms with Crippen LogP contribution in [0, 0.1) is 12.3 Å². The molecule has 1 atom stereocenters. The fraction of sp³-hybridized carbons (Fsp3) is 0.353. The van der Waals surface area contributed by atoms with Crippen LogP contribution in [0.5, 0.6) is 0 Å². The van der Waals surface area contributed by atoms with E-state index in [9.17, 15) is 9.90 Å². The van der Waals surface area contributed by atoms with Crippen molar-refractivity contribution < 1.29 is 19.2 Å². The molecule has 0 radical (unpaired) electrons. The zero-order valence-electron chi connectivity index (χ0n) is 23.2. The van der Waals surface area contributed by atoms with Crippen LogP contribution in [-0.2, 0) is 21.4 Å². The van der Waals surface area contributed by atoms with E-state index in [0.717, 1.165) is 70.5 Å². The average molecular weight is 524 g/mol. The number of esters is 1. The van der Waals surface area contributed by atoms with Crippen LogP contribution in [-0.4, -0.2) is 22.8 Å². The molecule has 1 N–H and O–H groups in total. The largest absolute Gasteiger partial charge is 0.465 e. The number of carbonyl (C=O) groups excluding carboxylic acids is 1. The zero-order valence-corrected chi connectivity index (χ0v) is 23.2. The van der Waals surface area contributed by atoms with E-state index in [0.29, 0.717) is 6.61 Å². The Morgan fingerprint density at radius 1 is 0.974 bits per heavy atom. The molecule has 0 bridgehead atoms. The van der Waals surface area contributed by atoms with Crippen molar-refractivity contribution in [3.05, 3.63) is 101 Å². The highest BCUT2D eigenvalue weighted by Crippen LogP contribution is 2.49. The molecule has 5 rings (SSSR count). The first-order chi connectivity index (χ1) is 18.7. The first-order valence-corrected chi connectivity index (χ1v) is 13.8. The minimum atomic E-state index is -0.555. The van der Waals surface area contributed by atoms with Gasteiger partial charge in [-0.05, 0) is 67.2 Å². The van der Waals surface area contributed by atoms with Gasteiger partial charge in [-0.3, -0.25) is 4.79 Å². The fourth-order valence-electron chi connectivity index (χ4n) is 5.38. The molecule has 0 aliphatic heterocycles. The van der Waals surface area contributed by atoms with E-state index in [1.165, 1.54) is 0 Å². The third-order valence-electron chi connectivity index (χ3n) is 8.19. The van der Waals surface area contributed by atoms with Crippen LogP contribution in [0.15, 0.2) is 83.4 Å². The van der Waals surface area contributed by atoms with Crippen LogP contribution in [0.3, 0.4) is 0 Å². The van der Waals surface area contributed by atoms with Gasteiger partial charge in [0, 0.05) is 11.1 Å². The number of benzene rings is 3. The molecular formula is C34H37NO4. The van der Waals surface area contributed by atoms with Gasteiger partial charge < -0.3 is 14.4 Å².